The maximum absolute atomic E-state index is 11.9. The van der Waals surface area contributed by atoms with Crippen LogP contribution in [0.4, 0.5) is 19.4 Å². The van der Waals surface area contributed by atoms with E-state index in [9.17, 15) is 19.4 Å². The Bertz CT molecular complexity index is 128. The average Bonchev–Trinajstić information content (AvgIpc) is 2.06. The van der Waals surface area contributed by atoms with E-state index in [1.54, 1.807) is 0 Å². The first-order valence-corrected chi connectivity index (χ1v) is 5.07. The number of hydrogen-bond acceptors (Lipinski definition) is 3. The summed E-state index contributed by atoms with van der Waals surface area (Å²) in [5, 5.41) is 0. The lowest BCUT2D eigenvalue weighted by molar-refractivity contribution is 0.0697. The molecule has 0 aliphatic carbocycles. The summed E-state index contributed by atoms with van der Waals surface area (Å²) in [4.78, 5) is 0. The summed E-state index contributed by atoms with van der Waals surface area (Å²) in [6.07, 6.45) is 0. The molecule has 9 heteroatoms. The molecule has 1 aliphatic heterocycles. The van der Waals surface area contributed by atoms with Crippen LogP contribution >= 0.6 is 23.9 Å². The average molecular weight is 245 g/mol. The maximum atomic E-state index is 11.9. The molecule has 1 rings (SSSR count). The minimum Gasteiger partial charge on any atom is -0.379 e. The van der Waals surface area contributed by atoms with Gasteiger partial charge in [0.1, 0.15) is 0 Å². The smallest absolute Gasteiger partial charge is 0.278 e. The molecule has 82 valence electrons. The molecule has 0 spiro atoms. The van der Waals surface area contributed by atoms with E-state index in [0.29, 0.717) is 4.31 Å². The fourth-order valence-corrected chi connectivity index (χ4v) is 1.32. The molecule has 0 aromatic carbocycles. The zero-order valence-electron chi connectivity index (χ0n) is 6.39. The van der Waals surface area contributed by atoms with Gasteiger partial charge in [-0.3, -0.25) is 0 Å². The Hall–Kier alpha value is 0.270. The highest BCUT2D eigenvalue weighted by molar-refractivity contribution is 8.18. The van der Waals surface area contributed by atoms with Crippen molar-refractivity contribution in [1.29, 1.82) is 0 Å². The molecular formula is C4H8F5NOS2. The molecule has 13 heavy (non-hydrogen) atoms. The Morgan fingerprint density at radius 1 is 1.08 bits per heavy atom. The van der Waals surface area contributed by atoms with Crippen LogP contribution in [0.2, 0.25) is 0 Å². The Labute approximate surface area is 79.3 Å². The van der Waals surface area contributed by atoms with E-state index in [4.69, 9.17) is 4.74 Å². The molecule has 1 heterocycles. The molecule has 0 unspecified atom stereocenters. The Morgan fingerprint density at radius 2 is 1.46 bits per heavy atom. The Kier molecular flexibility index (Phi) is 6.82. The topological polar surface area (TPSA) is 12.5 Å². The van der Waals surface area contributed by atoms with Gasteiger partial charge in [0, 0.05) is 13.1 Å². The zero-order valence-corrected chi connectivity index (χ0v) is 8.02. The highest BCUT2D eigenvalue weighted by atomic mass is 32.3. The van der Waals surface area contributed by atoms with Gasteiger partial charge in [0.15, 0.2) is 0 Å². The number of nitrogens with zero attached hydrogens (tertiary/aromatic N) is 1. The summed E-state index contributed by atoms with van der Waals surface area (Å²) in [5.41, 5.74) is 0. The summed E-state index contributed by atoms with van der Waals surface area (Å²) < 4.78 is 60.1. The largest absolute Gasteiger partial charge is 0.379 e. The molecular weight excluding hydrogens is 237 g/mol. The molecule has 0 radical (unpaired) electrons. The van der Waals surface area contributed by atoms with Gasteiger partial charge < -0.3 is 4.74 Å². The van der Waals surface area contributed by atoms with Crippen molar-refractivity contribution in [3.63, 3.8) is 0 Å². The first kappa shape index (κ1) is 13.3. The highest BCUT2D eigenvalue weighted by Crippen LogP contribution is 2.56. The van der Waals surface area contributed by atoms with Crippen LogP contribution in [0.1, 0.15) is 0 Å². The Balaban J connectivity index is 0.000000424. The SMILES string of the molecule is FS(F)(F)N1CCOCC1.FSF. The van der Waals surface area contributed by atoms with Gasteiger partial charge in [0.05, 0.1) is 13.2 Å². The van der Waals surface area contributed by atoms with Crippen LogP contribution in [0.3, 0.4) is 0 Å². The van der Waals surface area contributed by atoms with Gasteiger partial charge in [0.25, 0.3) is 23.9 Å². The van der Waals surface area contributed by atoms with Crippen molar-refractivity contribution in [1.82, 2.24) is 4.31 Å². The van der Waals surface area contributed by atoms with Crippen molar-refractivity contribution >= 4 is 23.9 Å². The predicted octanol–water partition coefficient (Wildman–Crippen LogP) is 3.18. The highest BCUT2D eigenvalue weighted by Gasteiger charge is 2.32. The summed E-state index contributed by atoms with van der Waals surface area (Å²) in [7, 11) is 0. The molecule has 1 fully saturated rings. The van der Waals surface area contributed by atoms with Gasteiger partial charge in [-0.15, -0.1) is 19.4 Å². The molecule has 0 aromatic rings. The van der Waals surface area contributed by atoms with Crippen molar-refractivity contribution in [2.75, 3.05) is 26.3 Å². The number of rotatable bonds is 1. The second-order valence-electron chi connectivity index (χ2n) is 1.98. The van der Waals surface area contributed by atoms with E-state index in [-0.39, 0.29) is 26.3 Å². The van der Waals surface area contributed by atoms with Crippen molar-refractivity contribution in [3.8, 4) is 0 Å². The monoisotopic (exact) mass is 245 g/mol. The normalized spacial score (nSPS) is 20.4. The van der Waals surface area contributed by atoms with Gasteiger partial charge in [0.2, 0.25) is 0 Å². The maximum Gasteiger partial charge on any atom is 0.278 e. The number of morpholine rings is 1. The molecule has 0 aromatic heterocycles. The van der Waals surface area contributed by atoms with E-state index in [1.165, 1.54) is 0 Å². The van der Waals surface area contributed by atoms with Gasteiger partial charge >= 0.3 is 0 Å². The molecule has 1 aliphatic rings. The predicted molar refractivity (Wildman–Crippen MR) is 43.1 cm³/mol. The third-order valence-electron chi connectivity index (χ3n) is 1.26. The summed E-state index contributed by atoms with van der Waals surface area (Å²) in [5.74, 6) is 0. The fraction of sp³-hybridized carbons (Fsp3) is 1.00. The summed E-state index contributed by atoms with van der Waals surface area (Å²) in [6, 6.07) is 0. The minimum atomic E-state index is -4.97. The Morgan fingerprint density at radius 3 is 1.69 bits per heavy atom. The first-order chi connectivity index (χ1) is 6.02. The van der Waals surface area contributed by atoms with Crippen LogP contribution in [-0.4, -0.2) is 30.6 Å². The van der Waals surface area contributed by atoms with E-state index < -0.39 is 23.9 Å². The van der Waals surface area contributed by atoms with Gasteiger partial charge in [-0.1, -0.05) is 0 Å². The van der Waals surface area contributed by atoms with Crippen LogP contribution in [0, 0.1) is 0 Å². The lowest BCUT2D eigenvalue weighted by Crippen LogP contribution is -2.34. The summed E-state index contributed by atoms with van der Waals surface area (Å²) in [6.45, 7) is 0.399. The van der Waals surface area contributed by atoms with E-state index >= 15 is 0 Å². The van der Waals surface area contributed by atoms with E-state index in [0.717, 1.165) is 0 Å². The summed E-state index contributed by atoms with van der Waals surface area (Å²) >= 11 is -6.22. The van der Waals surface area contributed by atoms with Crippen LogP contribution in [0.15, 0.2) is 0 Å². The second-order valence-corrected chi connectivity index (χ2v) is 3.38. The van der Waals surface area contributed by atoms with Crippen molar-refractivity contribution in [2.24, 2.45) is 0 Å². The van der Waals surface area contributed by atoms with E-state index in [1.807, 2.05) is 0 Å². The van der Waals surface area contributed by atoms with Crippen LogP contribution in [0.5, 0.6) is 0 Å². The van der Waals surface area contributed by atoms with E-state index in [2.05, 4.69) is 0 Å². The zero-order chi connectivity index (χ0) is 10.3. The van der Waals surface area contributed by atoms with Gasteiger partial charge in [-0.05, 0) is 0 Å². The van der Waals surface area contributed by atoms with Crippen molar-refractivity contribution in [3.05, 3.63) is 0 Å². The molecule has 0 atom stereocenters. The third kappa shape index (κ3) is 6.36. The molecule has 0 amide bonds. The van der Waals surface area contributed by atoms with Crippen LogP contribution < -0.4 is 0 Å². The molecule has 1 saturated heterocycles. The van der Waals surface area contributed by atoms with Crippen LogP contribution in [-0.2, 0) is 4.74 Å². The third-order valence-corrected chi connectivity index (χ3v) is 2.21. The first-order valence-electron chi connectivity index (χ1n) is 3.16. The molecule has 0 N–H and O–H groups in total. The minimum absolute atomic E-state index is 0.00116. The van der Waals surface area contributed by atoms with Gasteiger partial charge in [-0.2, -0.15) is 4.31 Å². The van der Waals surface area contributed by atoms with Crippen LogP contribution in [0.25, 0.3) is 0 Å². The number of ether oxygens (including phenoxy) is 1. The molecule has 0 saturated carbocycles. The fourth-order valence-electron chi connectivity index (χ4n) is 0.754. The number of halogens is 5. The lowest BCUT2D eigenvalue weighted by atomic mass is 10.5. The standard InChI is InChI=1S/C4H8F3NOS.F2S/c5-10(6,7)8-1-3-9-4-2-8;1-3-2/h1-4H2;. The van der Waals surface area contributed by atoms with Crippen molar-refractivity contribution in [2.45, 2.75) is 0 Å². The quantitative estimate of drug-likeness (QED) is 0.658. The lowest BCUT2D eigenvalue weighted by Gasteiger charge is -2.29. The number of hydrogen-bond donors (Lipinski definition) is 0. The molecule has 0 bridgehead atoms. The van der Waals surface area contributed by atoms with Gasteiger partial charge in [-0.25, -0.2) is 0 Å². The molecule has 2 nitrogen and oxygen atoms in total. The van der Waals surface area contributed by atoms with Crippen molar-refractivity contribution < 1.29 is 24.2 Å². The second kappa shape index (κ2) is 6.68.